The zero-order chi connectivity index (χ0) is 13.8. The van der Waals surface area contributed by atoms with E-state index in [0.29, 0.717) is 22.9 Å². The van der Waals surface area contributed by atoms with Crippen molar-refractivity contribution in [2.24, 2.45) is 7.05 Å². The van der Waals surface area contributed by atoms with Crippen molar-refractivity contribution in [2.75, 3.05) is 18.0 Å². The molecule has 0 aliphatic carbocycles. The molecule has 6 nitrogen and oxygen atoms in total. The lowest BCUT2D eigenvalue weighted by Crippen LogP contribution is -2.44. The summed E-state index contributed by atoms with van der Waals surface area (Å²) in [6.45, 7) is 3.03. The van der Waals surface area contributed by atoms with E-state index in [2.05, 4.69) is 17.1 Å². The van der Waals surface area contributed by atoms with Gasteiger partial charge in [0.15, 0.2) is 5.16 Å². The average molecular weight is 283 g/mol. The van der Waals surface area contributed by atoms with Crippen molar-refractivity contribution in [2.45, 2.75) is 43.8 Å². The highest BCUT2D eigenvalue weighted by molar-refractivity contribution is 7.99. The maximum Gasteiger partial charge on any atom is 0.233 e. The van der Waals surface area contributed by atoms with Gasteiger partial charge in [-0.05, 0) is 25.7 Å². The van der Waals surface area contributed by atoms with Crippen LogP contribution >= 0.6 is 11.8 Å². The van der Waals surface area contributed by atoms with Crippen molar-refractivity contribution in [1.29, 1.82) is 0 Å². The van der Waals surface area contributed by atoms with Gasteiger partial charge in [0.25, 0.3) is 0 Å². The molecule has 0 bridgehead atoms. The molecule has 1 saturated heterocycles. The number of thioether (sulfide) groups is 1. The van der Waals surface area contributed by atoms with E-state index in [1.54, 1.807) is 11.6 Å². The van der Waals surface area contributed by atoms with Gasteiger partial charge in [0, 0.05) is 19.6 Å². The summed E-state index contributed by atoms with van der Waals surface area (Å²) in [4.78, 5) is 14.3. The number of hydrogen-bond donors (Lipinski definition) is 1. The summed E-state index contributed by atoms with van der Waals surface area (Å²) < 4.78 is 1.70. The summed E-state index contributed by atoms with van der Waals surface area (Å²) in [7, 11) is 1.80. The van der Waals surface area contributed by atoms with Crippen molar-refractivity contribution >= 4 is 23.6 Å². The van der Waals surface area contributed by atoms with Crippen LogP contribution in [0.15, 0.2) is 5.16 Å². The molecule has 1 unspecified atom stereocenters. The molecule has 1 aromatic heterocycles. The third-order valence-corrected chi connectivity index (χ3v) is 4.62. The molecule has 2 N–H and O–H groups in total. The Morgan fingerprint density at radius 2 is 2.26 bits per heavy atom. The van der Waals surface area contributed by atoms with Gasteiger partial charge in [0.1, 0.15) is 0 Å². The van der Waals surface area contributed by atoms with Crippen LogP contribution in [0.4, 0.5) is 5.95 Å². The number of likely N-dealkylation sites (tertiary alicyclic amines) is 1. The van der Waals surface area contributed by atoms with Crippen LogP contribution in [0.1, 0.15) is 32.6 Å². The fraction of sp³-hybridized carbons (Fsp3) is 0.750. The molecule has 7 heteroatoms. The van der Waals surface area contributed by atoms with Crippen molar-refractivity contribution in [3.05, 3.63) is 0 Å². The lowest BCUT2D eigenvalue weighted by atomic mass is 10.0. The molecule has 2 heterocycles. The van der Waals surface area contributed by atoms with Crippen molar-refractivity contribution in [1.82, 2.24) is 19.7 Å². The topological polar surface area (TPSA) is 77.0 Å². The number of piperidine rings is 1. The van der Waals surface area contributed by atoms with E-state index in [0.717, 1.165) is 25.8 Å². The first-order valence-electron chi connectivity index (χ1n) is 6.70. The van der Waals surface area contributed by atoms with Crippen LogP contribution in [0, 0.1) is 0 Å². The van der Waals surface area contributed by atoms with E-state index in [-0.39, 0.29) is 5.91 Å². The lowest BCUT2D eigenvalue weighted by molar-refractivity contribution is -0.132. The highest BCUT2D eigenvalue weighted by atomic mass is 32.2. The summed E-state index contributed by atoms with van der Waals surface area (Å²) in [5, 5.41) is 8.43. The zero-order valence-corrected chi connectivity index (χ0v) is 12.3. The molecule has 0 spiro atoms. The number of nitrogens with zero attached hydrogens (tertiary/aromatic N) is 4. The number of anilines is 1. The minimum atomic E-state index is 0.193. The quantitative estimate of drug-likeness (QED) is 0.842. The number of carbonyl (C=O) groups excluding carboxylic acids is 1. The average Bonchev–Trinajstić information content (AvgIpc) is 2.76. The van der Waals surface area contributed by atoms with Crippen LogP contribution in [-0.2, 0) is 11.8 Å². The number of aromatic nitrogens is 3. The molecule has 1 aliphatic rings. The zero-order valence-electron chi connectivity index (χ0n) is 11.5. The molecular weight excluding hydrogens is 262 g/mol. The fourth-order valence-corrected chi connectivity index (χ4v) is 3.22. The number of nitrogens with two attached hydrogens (primary N) is 1. The molecule has 1 fully saturated rings. The molecule has 1 atom stereocenters. The lowest BCUT2D eigenvalue weighted by Gasteiger charge is -2.35. The van der Waals surface area contributed by atoms with Crippen LogP contribution in [0.3, 0.4) is 0 Å². The van der Waals surface area contributed by atoms with Crippen molar-refractivity contribution in [3.63, 3.8) is 0 Å². The van der Waals surface area contributed by atoms with Gasteiger partial charge < -0.3 is 10.6 Å². The predicted molar refractivity (Wildman–Crippen MR) is 75.8 cm³/mol. The van der Waals surface area contributed by atoms with E-state index in [4.69, 9.17) is 5.73 Å². The van der Waals surface area contributed by atoms with Crippen LogP contribution in [-0.4, -0.2) is 43.9 Å². The molecule has 2 rings (SSSR count). The Kier molecular flexibility index (Phi) is 4.68. The smallest absolute Gasteiger partial charge is 0.233 e. The van der Waals surface area contributed by atoms with Gasteiger partial charge in [-0.1, -0.05) is 18.7 Å². The standard InChI is InChI=1S/C12H21N5OS/c1-3-9-6-4-5-7-17(9)10(18)8-19-12-15-14-11(13)16(12)2/h9H,3-8H2,1-2H3,(H2,13,14). The largest absolute Gasteiger partial charge is 0.368 e. The number of carbonyl (C=O) groups is 1. The van der Waals surface area contributed by atoms with E-state index in [9.17, 15) is 4.79 Å². The van der Waals surface area contributed by atoms with Crippen LogP contribution in [0.5, 0.6) is 0 Å². The second kappa shape index (κ2) is 6.27. The molecule has 1 aromatic rings. The van der Waals surface area contributed by atoms with Gasteiger partial charge >= 0.3 is 0 Å². The third-order valence-electron chi connectivity index (χ3n) is 3.61. The first-order valence-corrected chi connectivity index (χ1v) is 7.69. The maximum atomic E-state index is 12.3. The van der Waals surface area contributed by atoms with Crippen LogP contribution in [0.2, 0.25) is 0 Å². The van der Waals surface area contributed by atoms with Gasteiger partial charge in [-0.2, -0.15) is 0 Å². The summed E-state index contributed by atoms with van der Waals surface area (Å²) in [6, 6.07) is 0.409. The van der Waals surface area contributed by atoms with Crippen LogP contribution < -0.4 is 5.73 Å². The fourth-order valence-electron chi connectivity index (χ4n) is 2.41. The third kappa shape index (κ3) is 3.20. The molecule has 0 aromatic carbocycles. The van der Waals surface area contributed by atoms with E-state index in [1.165, 1.54) is 18.2 Å². The molecule has 19 heavy (non-hydrogen) atoms. The highest BCUT2D eigenvalue weighted by Gasteiger charge is 2.25. The minimum absolute atomic E-state index is 0.193. The molecule has 1 aliphatic heterocycles. The molecule has 1 amide bonds. The van der Waals surface area contributed by atoms with Crippen molar-refractivity contribution < 1.29 is 4.79 Å². The summed E-state index contributed by atoms with van der Waals surface area (Å²) >= 11 is 1.40. The monoisotopic (exact) mass is 283 g/mol. The van der Waals surface area contributed by atoms with Gasteiger partial charge in [-0.15, -0.1) is 10.2 Å². The molecule has 106 valence electrons. The molecule has 0 radical (unpaired) electrons. The first-order chi connectivity index (χ1) is 9.13. The van der Waals surface area contributed by atoms with E-state index < -0.39 is 0 Å². The second-order valence-electron chi connectivity index (χ2n) is 4.83. The van der Waals surface area contributed by atoms with E-state index in [1.807, 2.05) is 4.90 Å². The van der Waals surface area contributed by atoms with Gasteiger partial charge in [-0.3, -0.25) is 9.36 Å². The Morgan fingerprint density at radius 1 is 1.47 bits per heavy atom. The second-order valence-corrected chi connectivity index (χ2v) is 5.78. The number of amides is 1. The van der Waals surface area contributed by atoms with Crippen LogP contribution in [0.25, 0.3) is 0 Å². The minimum Gasteiger partial charge on any atom is -0.368 e. The normalized spacial score (nSPS) is 19.7. The Labute approximate surface area is 117 Å². The SMILES string of the molecule is CCC1CCCCN1C(=O)CSc1nnc(N)n1C. The van der Waals surface area contributed by atoms with Gasteiger partial charge in [-0.25, -0.2) is 0 Å². The summed E-state index contributed by atoms with van der Waals surface area (Å²) in [5.41, 5.74) is 5.61. The predicted octanol–water partition coefficient (Wildman–Crippen LogP) is 1.28. The van der Waals surface area contributed by atoms with Crippen molar-refractivity contribution in [3.8, 4) is 0 Å². The highest BCUT2D eigenvalue weighted by Crippen LogP contribution is 2.22. The van der Waals surface area contributed by atoms with Gasteiger partial charge in [0.05, 0.1) is 5.75 Å². The Morgan fingerprint density at radius 3 is 2.89 bits per heavy atom. The van der Waals surface area contributed by atoms with Gasteiger partial charge in [0.2, 0.25) is 11.9 Å². The Balaban J connectivity index is 1.91. The molecule has 0 saturated carbocycles. The summed E-state index contributed by atoms with van der Waals surface area (Å²) in [6.07, 6.45) is 4.51. The number of nitrogen functional groups attached to an aromatic ring is 1. The Hall–Kier alpha value is -1.24. The molecular formula is C12H21N5OS. The maximum absolute atomic E-state index is 12.3. The Bertz CT molecular complexity index is 447. The number of rotatable bonds is 4. The number of hydrogen-bond acceptors (Lipinski definition) is 5. The first kappa shape index (κ1) is 14.2. The van der Waals surface area contributed by atoms with E-state index >= 15 is 0 Å². The summed E-state index contributed by atoms with van der Waals surface area (Å²) in [5.74, 6) is 0.972.